The van der Waals surface area contributed by atoms with Crippen LogP contribution in [0.15, 0.2) is 0 Å². The van der Waals surface area contributed by atoms with E-state index in [1.165, 1.54) is 6.42 Å². The summed E-state index contributed by atoms with van der Waals surface area (Å²) in [6, 6.07) is 0. The van der Waals surface area contributed by atoms with Crippen LogP contribution < -0.4 is 5.73 Å². The van der Waals surface area contributed by atoms with Crippen molar-refractivity contribution in [1.82, 2.24) is 0 Å². The number of rotatable bonds is 1. The van der Waals surface area contributed by atoms with Crippen LogP contribution in [0.1, 0.15) is 40.5 Å². The second-order valence-electron chi connectivity index (χ2n) is 5.88. The average Bonchev–Trinajstić information content (AvgIpc) is 2.04. The fourth-order valence-electron chi connectivity index (χ4n) is 2.59. The van der Waals surface area contributed by atoms with Crippen molar-refractivity contribution in [2.45, 2.75) is 46.6 Å². The molecule has 1 fully saturated rings. The van der Waals surface area contributed by atoms with Crippen LogP contribution in [0.25, 0.3) is 0 Å². The summed E-state index contributed by atoms with van der Waals surface area (Å²) in [6.07, 6.45) is 2.57. The second-order valence-corrected chi connectivity index (χ2v) is 5.88. The highest BCUT2D eigenvalue weighted by Gasteiger charge is 2.35. The Morgan fingerprint density at radius 2 is 1.85 bits per heavy atom. The van der Waals surface area contributed by atoms with E-state index in [0.717, 1.165) is 13.0 Å². The predicted molar refractivity (Wildman–Crippen MR) is 55.6 cm³/mol. The molecule has 0 unspecified atom stereocenters. The first-order valence-electron chi connectivity index (χ1n) is 5.16. The van der Waals surface area contributed by atoms with Crippen molar-refractivity contribution in [3.05, 3.63) is 0 Å². The third kappa shape index (κ3) is 3.28. The summed E-state index contributed by atoms with van der Waals surface area (Å²) >= 11 is 0. The summed E-state index contributed by atoms with van der Waals surface area (Å²) in [5.74, 6) is 0. The Balaban J connectivity index is 2.69. The number of nitrogens with two attached hydrogens (primary N) is 1. The first kappa shape index (κ1) is 11.0. The fourth-order valence-corrected chi connectivity index (χ4v) is 2.59. The maximum Gasteiger partial charge on any atom is 0.0702 e. The van der Waals surface area contributed by atoms with Gasteiger partial charge in [0.05, 0.1) is 12.7 Å². The number of ether oxygens (including phenoxy) is 1. The van der Waals surface area contributed by atoms with Crippen molar-refractivity contribution in [2.24, 2.45) is 16.6 Å². The smallest absolute Gasteiger partial charge is 0.0702 e. The molecule has 0 amide bonds. The zero-order valence-corrected chi connectivity index (χ0v) is 9.39. The molecule has 0 spiro atoms. The van der Waals surface area contributed by atoms with E-state index >= 15 is 0 Å². The molecule has 1 heterocycles. The van der Waals surface area contributed by atoms with Crippen LogP contribution in [0.2, 0.25) is 0 Å². The normalized spacial score (nSPS) is 32.5. The lowest BCUT2D eigenvalue weighted by Gasteiger charge is -2.30. The standard InChI is InChI=1S/C11H23NO/c1-10(2)5-9(6-12)13-8-11(3,4)7-10/h9H,5-8,12H2,1-4H3/t9-/m0/s1. The number of hydrogen-bond acceptors (Lipinski definition) is 2. The Hall–Kier alpha value is -0.0800. The van der Waals surface area contributed by atoms with Gasteiger partial charge in [0, 0.05) is 6.54 Å². The van der Waals surface area contributed by atoms with Crippen LogP contribution >= 0.6 is 0 Å². The summed E-state index contributed by atoms with van der Waals surface area (Å²) in [6.45, 7) is 10.7. The van der Waals surface area contributed by atoms with Crippen LogP contribution in [0.3, 0.4) is 0 Å². The van der Waals surface area contributed by atoms with Crippen molar-refractivity contribution >= 4 is 0 Å². The summed E-state index contributed by atoms with van der Waals surface area (Å²) in [4.78, 5) is 0. The molecule has 1 saturated heterocycles. The van der Waals surface area contributed by atoms with Gasteiger partial charge in [0.25, 0.3) is 0 Å². The van der Waals surface area contributed by atoms with Crippen LogP contribution in [0.5, 0.6) is 0 Å². The Morgan fingerprint density at radius 3 is 2.38 bits per heavy atom. The molecule has 1 aliphatic heterocycles. The highest BCUT2D eigenvalue weighted by Crippen LogP contribution is 2.40. The molecule has 2 nitrogen and oxygen atoms in total. The SMILES string of the molecule is CC1(C)CO[C@H](CN)CC(C)(C)C1. The second kappa shape index (κ2) is 3.58. The topological polar surface area (TPSA) is 35.2 Å². The Labute approximate surface area is 81.8 Å². The lowest BCUT2D eigenvalue weighted by Crippen LogP contribution is -2.27. The van der Waals surface area contributed by atoms with Crippen LogP contribution in [0.4, 0.5) is 0 Å². The van der Waals surface area contributed by atoms with Crippen molar-refractivity contribution in [3.8, 4) is 0 Å². The molecular weight excluding hydrogens is 162 g/mol. The van der Waals surface area contributed by atoms with Crippen LogP contribution in [0, 0.1) is 10.8 Å². The molecule has 0 radical (unpaired) electrons. The van der Waals surface area contributed by atoms with Crippen molar-refractivity contribution in [1.29, 1.82) is 0 Å². The molecule has 2 N–H and O–H groups in total. The van der Waals surface area contributed by atoms with E-state index in [1.807, 2.05) is 0 Å². The van der Waals surface area contributed by atoms with Gasteiger partial charge in [-0.1, -0.05) is 27.7 Å². The molecular formula is C11H23NO. The van der Waals surface area contributed by atoms with Gasteiger partial charge in [0.2, 0.25) is 0 Å². The van der Waals surface area contributed by atoms with Gasteiger partial charge in [0.15, 0.2) is 0 Å². The molecule has 0 bridgehead atoms. The highest BCUT2D eigenvalue weighted by molar-refractivity contribution is 4.85. The van der Waals surface area contributed by atoms with E-state index in [9.17, 15) is 0 Å². The molecule has 1 rings (SSSR count). The van der Waals surface area contributed by atoms with Crippen molar-refractivity contribution in [3.63, 3.8) is 0 Å². The van der Waals surface area contributed by atoms with Gasteiger partial charge in [-0.15, -0.1) is 0 Å². The first-order valence-corrected chi connectivity index (χ1v) is 5.16. The molecule has 0 aliphatic carbocycles. The minimum atomic E-state index is 0.261. The molecule has 78 valence electrons. The summed E-state index contributed by atoms with van der Waals surface area (Å²) in [5.41, 5.74) is 6.32. The third-order valence-corrected chi connectivity index (χ3v) is 2.71. The third-order valence-electron chi connectivity index (χ3n) is 2.71. The molecule has 0 aromatic carbocycles. The highest BCUT2D eigenvalue weighted by atomic mass is 16.5. The van der Waals surface area contributed by atoms with Gasteiger partial charge in [-0.25, -0.2) is 0 Å². The Kier molecular flexibility index (Phi) is 3.03. The van der Waals surface area contributed by atoms with Gasteiger partial charge in [0.1, 0.15) is 0 Å². The molecule has 0 aromatic rings. The van der Waals surface area contributed by atoms with E-state index in [2.05, 4.69) is 27.7 Å². The van der Waals surface area contributed by atoms with Gasteiger partial charge < -0.3 is 10.5 Å². The quantitative estimate of drug-likeness (QED) is 0.679. The van der Waals surface area contributed by atoms with Gasteiger partial charge in [-0.05, 0) is 23.7 Å². The molecule has 2 heteroatoms. The molecule has 0 saturated carbocycles. The van der Waals surface area contributed by atoms with E-state index < -0.39 is 0 Å². The minimum absolute atomic E-state index is 0.261. The fraction of sp³-hybridized carbons (Fsp3) is 1.00. The zero-order chi connectivity index (χ0) is 10.1. The lowest BCUT2D eigenvalue weighted by atomic mass is 9.74. The maximum atomic E-state index is 5.78. The number of hydrogen-bond donors (Lipinski definition) is 1. The Morgan fingerprint density at radius 1 is 1.23 bits per heavy atom. The maximum absolute atomic E-state index is 5.78. The minimum Gasteiger partial charge on any atom is -0.376 e. The first-order chi connectivity index (χ1) is 5.85. The van der Waals surface area contributed by atoms with Crippen molar-refractivity contribution in [2.75, 3.05) is 13.2 Å². The molecule has 13 heavy (non-hydrogen) atoms. The van der Waals surface area contributed by atoms with E-state index in [-0.39, 0.29) is 6.10 Å². The molecule has 1 atom stereocenters. The Bertz CT molecular complexity index is 175. The van der Waals surface area contributed by atoms with Gasteiger partial charge in [-0.3, -0.25) is 0 Å². The summed E-state index contributed by atoms with van der Waals surface area (Å²) in [5, 5.41) is 0. The van der Waals surface area contributed by atoms with E-state index in [0.29, 0.717) is 17.4 Å². The molecule has 0 aromatic heterocycles. The van der Waals surface area contributed by atoms with E-state index in [1.54, 1.807) is 0 Å². The predicted octanol–water partition coefficient (Wildman–Crippen LogP) is 2.18. The van der Waals surface area contributed by atoms with Crippen molar-refractivity contribution < 1.29 is 4.74 Å². The zero-order valence-electron chi connectivity index (χ0n) is 9.39. The largest absolute Gasteiger partial charge is 0.376 e. The van der Waals surface area contributed by atoms with Crippen LogP contribution in [-0.2, 0) is 4.74 Å². The summed E-state index contributed by atoms with van der Waals surface area (Å²) in [7, 11) is 0. The molecule has 1 aliphatic rings. The monoisotopic (exact) mass is 185 g/mol. The summed E-state index contributed by atoms with van der Waals surface area (Å²) < 4.78 is 5.78. The lowest BCUT2D eigenvalue weighted by molar-refractivity contribution is 0.0219. The van der Waals surface area contributed by atoms with Gasteiger partial charge in [-0.2, -0.15) is 0 Å². The van der Waals surface area contributed by atoms with Gasteiger partial charge >= 0.3 is 0 Å². The van der Waals surface area contributed by atoms with E-state index in [4.69, 9.17) is 10.5 Å². The average molecular weight is 185 g/mol. The van der Waals surface area contributed by atoms with Crippen LogP contribution in [-0.4, -0.2) is 19.3 Å².